The molecule has 1 aromatic rings. The zero-order chi connectivity index (χ0) is 13.0. The first-order valence-corrected chi connectivity index (χ1v) is 6.20. The molecule has 1 amide bonds. The third kappa shape index (κ3) is 3.09. The number of aryl methyl sites for hydroxylation is 1. The number of aliphatic carboxylic acids is 1. The van der Waals surface area contributed by atoms with Crippen LogP contribution in [0.2, 0.25) is 0 Å². The lowest BCUT2D eigenvalue weighted by atomic mass is 10.1. The van der Waals surface area contributed by atoms with Gasteiger partial charge in [-0.3, -0.25) is 14.3 Å². The fraction of sp³-hybridized carbons (Fsp3) is 0.583. The van der Waals surface area contributed by atoms with Gasteiger partial charge < -0.3 is 10.0 Å². The summed E-state index contributed by atoms with van der Waals surface area (Å²) in [5.74, 6) is -0.870. The number of piperidine rings is 1. The summed E-state index contributed by atoms with van der Waals surface area (Å²) < 4.78 is 1.51. The van der Waals surface area contributed by atoms with Crippen LogP contribution in [0.15, 0.2) is 12.4 Å². The lowest BCUT2D eigenvalue weighted by molar-refractivity contribution is -0.137. The summed E-state index contributed by atoms with van der Waals surface area (Å²) in [6.45, 7) is 1.90. The molecule has 0 unspecified atom stereocenters. The van der Waals surface area contributed by atoms with E-state index >= 15 is 0 Å². The van der Waals surface area contributed by atoms with E-state index in [1.54, 1.807) is 6.20 Å². The predicted molar refractivity (Wildman–Crippen MR) is 64.2 cm³/mol. The molecule has 1 N–H and O–H groups in total. The second-order valence-corrected chi connectivity index (χ2v) is 4.49. The van der Waals surface area contributed by atoms with E-state index in [1.165, 1.54) is 17.3 Å². The largest absolute Gasteiger partial charge is 0.481 e. The summed E-state index contributed by atoms with van der Waals surface area (Å²) in [5, 5.41) is 12.6. The molecular formula is C12H17N3O3. The van der Waals surface area contributed by atoms with Gasteiger partial charge >= 0.3 is 5.97 Å². The summed E-state index contributed by atoms with van der Waals surface area (Å²) in [6, 6.07) is 0. The zero-order valence-electron chi connectivity index (χ0n) is 10.2. The third-order valence-electron chi connectivity index (χ3n) is 3.08. The molecule has 6 heteroatoms. The van der Waals surface area contributed by atoms with Crippen LogP contribution >= 0.6 is 0 Å². The van der Waals surface area contributed by atoms with E-state index in [-0.39, 0.29) is 12.3 Å². The highest BCUT2D eigenvalue weighted by atomic mass is 16.4. The Labute approximate surface area is 105 Å². The van der Waals surface area contributed by atoms with E-state index < -0.39 is 5.97 Å². The van der Waals surface area contributed by atoms with Gasteiger partial charge in [-0.2, -0.15) is 5.10 Å². The van der Waals surface area contributed by atoms with Gasteiger partial charge in [-0.05, 0) is 19.3 Å². The van der Waals surface area contributed by atoms with Crippen molar-refractivity contribution >= 4 is 11.9 Å². The van der Waals surface area contributed by atoms with E-state index in [1.807, 2.05) is 4.90 Å². The van der Waals surface area contributed by atoms with Crippen LogP contribution in [-0.2, 0) is 11.3 Å². The summed E-state index contributed by atoms with van der Waals surface area (Å²) in [5.41, 5.74) is 0.544. The van der Waals surface area contributed by atoms with E-state index in [2.05, 4.69) is 5.10 Å². The first-order valence-electron chi connectivity index (χ1n) is 6.20. The maximum absolute atomic E-state index is 12.1. The van der Waals surface area contributed by atoms with Crippen LogP contribution in [0.5, 0.6) is 0 Å². The average molecular weight is 251 g/mol. The molecule has 1 saturated heterocycles. The molecule has 1 aliphatic rings. The fourth-order valence-electron chi connectivity index (χ4n) is 2.09. The van der Waals surface area contributed by atoms with Gasteiger partial charge in [0, 0.05) is 19.3 Å². The number of rotatable bonds is 4. The van der Waals surface area contributed by atoms with Crippen molar-refractivity contribution in [3.63, 3.8) is 0 Å². The van der Waals surface area contributed by atoms with Gasteiger partial charge in [0.05, 0.1) is 24.7 Å². The lowest BCUT2D eigenvalue weighted by Crippen LogP contribution is -2.35. The Morgan fingerprint density at radius 3 is 2.67 bits per heavy atom. The molecule has 2 heterocycles. The summed E-state index contributed by atoms with van der Waals surface area (Å²) in [4.78, 5) is 24.4. The van der Waals surface area contributed by atoms with Crippen LogP contribution in [-0.4, -0.2) is 44.8 Å². The summed E-state index contributed by atoms with van der Waals surface area (Å²) >= 11 is 0. The van der Waals surface area contributed by atoms with E-state index in [0.717, 1.165) is 25.9 Å². The minimum absolute atomic E-state index is 0.00345. The van der Waals surface area contributed by atoms with Crippen LogP contribution in [0.25, 0.3) is 0 Å². The monoisotopic (exact) mass is 251 g/mol. The third-order valence-corrected chi connectivity index (χ3v) is 3.08. The van der Waals surface area contributed by atoms with Crippen molar-refractivity contribution in [2.24, 2.45) is 0 Å². The molecule has 0 bridgehead atoms. The SMILES string of the molecule is O=C(O)CCn1cc(C(=O)N2CCCCC2)cn1. The molecule has 1 aromatic heterocycles. The minimum atomic E-state index is -0.866. The maximum Gasteiger partial charge on any atom is 0.305 e. The molecule has 98 valence electrons. The fourth-order valence-corrected chi connectivity index (χ4v) is 2.09. The second-order valence-electron chi connectivity index (χ2n) is 4.49. The first kappa shape index (κ1) is 12.6. The Bertz CT molecular complexity index is 436. The van der Waals surface area contributed by atoms with Gasteiger partial charge in [-0.1, -0.05) is 0 Å². The molecule has 1 aliphatic heterocycles. The number of likely N-dealkylation sites (tertiary alicyclic amines) is 1. The number of carboxylic acid groups (broad SMARTS) is 1. The van der Waals surface area contributed by atoms with Gasteiger partial charge in [0.25, 0.3) is 5.91 Å². The molecule has 2 rings (SSSR count). The second kappa shape index (κ2) is 5.66. The van der Waals surface area contributed by atoms with Gasteiger partial charge in [0.15, 0.2) is 0 Å². The molecule has 0 saturated carbocycles. The number of carboxylic acids is 1. The van der Waals surface area contributed by atoms with Crippen molar-refractivity contribution in [3.8, 4) is 0 Å². The normalized spacial score (nSPS) is 15.7. The van der Waals surface area contributed by atoms with Gasteiger partial charge in [-0.15, -0.1) is 0 Å². The number of aromatic nitrogens is 2. The van der Waals surface area contributed by atoms with Crippen molar-refractivity contribution in [2.75, 3.05) is 13.1 Å². The highest BCUT2D eigenvalue weighted by molar-refractivity contribution is 5.93. The standard InChI is InChI=1S/C12H17N3O3/c16-11(17)4-7-15-9-10(8-13-15)12(18)14-5-2-1-3-6-14/h8-9H,1-7H2,(H,16,17). The molecule has 0 atom stereocenters. The Kier molecular flexibility index (Phi) is 3.96. The van der Waals surface area contributed by atoms with Crippen LogP contribution < -0.4 is 0 Å². The molecule has 0 radical (unpaired) electrons. The van der Waals surface area contributed by atoms with Crippen LogP contribution in [0.3, 0.4) is 0 Å². The number of nitrogens with zero attached hydrogens (tertiary/aromatic N) is 3. The number of carbonyl (C=O) groups is 2. The minimum Gasteiger partial charge on any atom is -0.481 e. The molecule has 6 nitrogen and oxygen atoms in total. The smallest absolute Gasteiger partial charge is 0.305 e. The quantitative estimate of drug-likeness (QED) is 0.865. The van der Waals surface area contributed by atoms with Crippen molar-refractivity contribution < 1.29 is 14.7 Å². The van der Waals surface area contributed by atoms with E-state index in [9.17, 15) is 9.59 Å². The van der Waals surface area contributed by atoms with E-state index in [4.69, 9.17) is 5.11 Å². The first-order chi connectivity index (χ1) is 8.66. The van der Waals surface area contributed by atoms with Crippen molar-refractivity contribution in [3.05, 3.63) is 18.0 Å². The van der Waals surface area contributed by atoms with Gasteiger partial charge in [0.2, 0.25) is 0 Å². The topological polar surface area (TPSA) is 75.4 Å². The number of carbonyl (C=O) groups excluding carboxylic acids is 1. The van der Waals surface area contributed by atoms with E-state index in [0.29, 0.717) is 12.1 Å². The summed E-state index contributed by atoms with van der Waals surface area (Å²) in [7, 11) is 0. The molecule has 0 aromatic carbocycles. The molecule has 0 aliphatic carbocycles. The number of amides is 1. The van der Waals surface area contributed by atoms with Gasteiger partial charge in [-0.25, -0.2) is 0 Å². The predicted octanol–water partition coefficient (Wildman–Crippen LogP) is 0.984. The maximum atomic E-state index is 12.1. The Morgan fingerprint density at radius 1 is 1.28 bits per heavy atom. The van der Waals surface area contributed by atoms with Gasteiger partial charge in [0.1, 0.15) is 0 Å². The van der Waals surface area contributed by atoms with Crippen molar-refractivity contribution in [1.29, 1.82) is 0 Å². The van der Waals surface area contributed by atoms with Crippen LogP contribution in [0.1, 0.15) is 36.0 Å². The average Bonchev–Trinajstić information content (AvgIpc) is 2.85. The lowest BCUT2D eigenvalue weighted by Gasteiger charge is -2.26. The van der Waals surface area contributed by atoms with Crippen LogP contribution in [0, 0.1) is 0 Å². The molecular weight excluding hydrogens is 234 g/mol. The Balaban J connectivity index is 1.95. The van der Waals surface area contributed by atoms with Crippen LogP contribution in [0.4, 0.5) is 0 Å². The van der Waals surface area contributed by atoms with Crippen molar-refractivity contribution in [2.45, 2.75) is 32.2 Å². The van der Waals surface area contributed by atoms with Crippen molar-refractivity contribution in [1.82, 2.24) is 14.7 Å². The summed E-state index contributed by atoms with van der Waals surface area (Å²) in [6.07, 6.45) is 6.44. The Hall–Kier alpha value is -1.85. The Morgan fingerprint density at radius 2 is 2.00 bits per heavy atom. The zero-order valence-corrected chi connectivity index (χ0v) is 10.2. The highest BCUT2D eigenvalue weighted by Crippen LogP contribution is 2.12. The number of hydrogen-bond donors (Lipinski definition) is 1. The molecule has 0 spiro atoms. The highest BCUT2D eigenvalue weighted by Gasteiger charge is 2.19. The molecule has 18 heavy (non-hydrogen) atoms. The number of hydrogen-bond acceptors (Lipinski definition) is 3. The molecule has 1 fully saturated rings.